The summed E-state index contributed by atoms with van der Waals surface area (Å²) in [4.78, 5) is 0. The van der Waals surface area contributed by atoms with Gasteiger partial charge in [0.15, 0.2) is 12.7 Å². The van der Waals surface area contributed by atoms with Crippen LogP contribution in [0.25, 0.3) is 0 Å². The number of hydrogen-bond acceptors (Lipinski definition) is 2. The topological polar surface area (TPSA) is 36.5 Å². The van der Waals surface area contributed by atoms with Crippen LogP contribution in [0.4, 0.5) is 0 Å². The molecule has 3 nitrogen and oxygen atoms in total. The molecule has 0 radical (unpaired) electrons. The van der Waals surface area contributed by atoms with Crippen LogP contribution in [0, 0.1) is 0 Å². The van der Waals surface area contributed by atoms with Crippen molar-refractivity contribution in [1.82, 2.24) is 0 Å². The molecule has 18 heavy (non-hydrogen) atoms. The zero-order valence-electron chi connectivity index (χ0n) is 9.91. The molecule has 0 aliphatic rings. The molecule has 1 aromatic heterocycles. The summed E-state index contributed by atoms with van der Waals surface area (Å²) in [6.07, 6.45) is 4.40. The third-order valence-corrected chi connectivity index (χ3v) is 2.65. The van der Waals surface area contributed by atoms with Crippen molar-refractivity contribution in [2.24, 2.45) is 5.16 Å². The molecular formula is C14H15IN2O. The molecule has 0 unspecified atom stereocenters. The fraction of sp³-hybridized carbons (Fsp3) is 0.143. The summed E-state index contributed by atoms with van der Waals surface area (Å²) in [5.74, 6) is 0. The SMILES string of the molecule is O/N=C/c1cccc[n+]1CCc1ccccc1.[I-]. The van der Waals surface area contributed by atoms with E-state index in [4.69, 9.17) is 5.21 Å². The van der Waals surface area contributed by atoms with Gasteiger partial charge in [-0.15, -0.1) is 0 Å². The number of halogens is 1. The van der Waals surface area contributed by atoms with Gasteiger partial charge >= 0.3 is 0 Å². The quantitative estimate of drug-likeness (QED) is 0.248. The predicted octanol–water partition coefficient (Wildman–Crippen LogP) is -0.971. The smallest absolute Gasteiger partial charge is 0.227 e. The molecule has 0 spiro atoms. The number of pyridine rings is 1. The van der Waals surface area contributed by atoms with Crippen molar-refractivity contribution < 1.29 is 33.8 Å². The Bertz CT molecular complexity index is 500. The van der Waals surface area contributed by atoms with E-state index >= 15 is 0 Å². The summed E-state index contributed by atoms with van der Waals surface area (Å²) in [6, 6.07) is 16.2. The maximum atomic E-state index is 8.59. The second kappa shape index (κ2) is 7.81. The molecule has 1 aromatic carbocycles. The van der Waals surface area contributed by atoms with Crippen LogP contribution in [0.1, 0.15) is 11.3 Å². The largest absolute Gasteiger partial charge is 1.00 e. The molecule has 94 valence electrons. The first kappa shape index (κ1) is 14.6. The minimum atomic E-state index is 0. The number of hydrogen-bond donors (Lipinski definition) is 1. The van der Waals surface area contributed by atoms with Gasteiger partial charge in [0, 0.05) is 18.6 Å². The molecule has 0 bridgehead atoms. The van der Waals surface area contributed by atoms with Crippen molar-refractivity contribution in [2.75, 3.05) is 0 Å². The van der Waals surface area contributed by atoms with Crippen molar-refractivity contribution in [3.8, 4) is 0 Å². The summed E-state index contributed by atoms with van der Waals surface area (Å²) in [5.41, 5.74) is 2.20. The van der Waals surface area contributed by atoms with Crippen molar-refractivity contribution in [3.05, 3.63) is 66.0 Å². The zero-order valence-corrected chi connectivity index (χ0v) is 12.1. The number of nitrogens with zero attached hydrogens (tertiary/aromatic N) is 2. The lowest BCUT2D eigenvalue weighted by molar-refractivity contribution is -0.697. The normalized spacial score (nSPS) is 10.2. The maximum absolute atomic E-state index is 8.59. The number of benzene rings is 1. The van der Waals surface area contributed by atoms with E-state index in [1.807, 2.05) is 42.6 Å². The van der Waals surface area contributed by atoms with E-state index in [-0.39, 0.29) is 24.0 Å². The molecule has 0 saturated heterocycles. The molecule has 2 rings (SSSR count). The van der Waals surface area contributed by atoms with Crippen LogP contribution in [0.2, 0.25) is 0 Å². The second-order valence-corrected chi connectivity index (χ2v) is 3.80. The first-order valence-corrected chi connectivity index (χ1v) is 5.60. The van der Waals surface area contributed by atoms with Gasteiger partial charge in [0.05, 0.1) is 0 Å². The lowest BCUT2D eigenvalue weighted by atomic mass is 10.1. The van der Waals surface area contributed by atoms with Crippen LogP contribution >= 0.6 is 0 Å². The van der Waals surface area contributed by atoms with Crippen molar-refractivity contribution in [2.45, 2.75) is 13.0 Å². The number of aromatic nitrogens is 1. The highest BCUT2D eigenvalue weighted by atomic mass is 127. The predicted molar refractivity (Wildman–Crippen MR) is 66.2 cm³/mol. The monoisotopic (exact) mass is 354 g/mol. The van der Waals surface area contributed by atoms with Crippen LogP contribution in [0.3, 0.4) is 0 Å². The molecule has 0 amide bonds. The highest BCUT2D eigenvalue weighted by molar-refractivity contribution is 5.74. The maximum Gasteiger partial charge on any atom is 0.227 e. The van der Waals surface area contributed by atoms with Gasteiger partial charge in [-0.2, -0.15) is 4.57 Å². The molecule has 0 aliphatic carbocycles. The van der Waals surface area contributed by atoms with Gasteiger partial charge in [0.2, 0.25) is 5.69 Å². The van der Waals surface area contributed by atoms with Gasteiger partial charge in [0.1, 0.15) is 6.21 Å². The average molecular weight is 354 g/mol. The Balaban J connectivity index is 0.00000162. The molecule has 0 aliphatic heterocycles. The van der Waals surface area contributed by atoms with Crippen LogP contribution < -0.4 is 28.5 Å². The van der Waals surface area contributed by atoms with Crippen molar-refractivity contribution in [1.29, 1.82) is 0 Å². The lowest BCUT2D eigenvalue weighted by Gasteiger charge is -2.00. The van der Waals surface area contributed by atoms with E-state index < -0.39 is 0 Å². The van der Waals surface area contributed by atoms with E-state index in [1.54, 1.807) is 0 Å². The van der Waals surface area contributed by atoms with Crippen molar-refractivity contribution in [3.63, 3.8) is 0 Å². The summed E-state index contributed by atoms with van der Waals surface area (Å²) in [7, 11) is 0. The van der Waals surface area contributed by atoms with Gasteiger partial charge in [-0.1, -0.05) is 35.5 Å². The summed E-state index contributed by atoms with van der Waals surface area (Å²) in [6.45, 7) is 0.867. The summed E-state index contributed by atoms with van der Waals surface area (Å²) < 4.78 is 2.06. The highest BCUT2D eigenvalue weighted by Crippen LogP contribution is 1.99. The first-order chi connectivity index (χ1) is 8.40. The second-order valence-electron chi connectivity index (χ2n) is 3.80. The van der Waals surface area contributed by atoms with Gasteiger partial charge < -0.3 is 29.2 Å². The minimum Gasteiger partial charge on any atom is -1.00 e. The Morgan fingerprint density at radius 2 is 1.78 bits per heavy atom. The highest BCUT2D eigenvalue weighted by Gasteiger charge is 2.07. The Labute approximate surface area is 124 Å². The minimum absolute atomic E-state index is 0. The number of oxime groups is 1. The molecule has 1 heterocycles. The van der Waals surface area contributed by atoms with Crippen molar-refractivity contribution >= 4 is 6.21 Å². The van der Waals surface area contributed by atoms with Gasteiger partial charge in [0.25, 0.3) is 0 Å². The van der Waals surface area contributed by atoms with Gasteiger partial charge in [-0.25, -0.2) is 0 Å². The molecule has 0 atom stereocenters. The molecule has 4 heteroatoms. The third-order valence-electron chi connectivity index (χ3n) is 2.65. The standard InChI is InChI=1S/C14H14N2O.HI/c17-15-12-14-8-4-5-10-16(14)11-9-13-6-2-1-3-7-13;/h1-8,10,12H,9,11H2;1H. The Hall–Kier alpha value is -1.43. The zero-order chi connectivity index (χ0) is 11.9. The average Bonchev–Trinajstić information content (AvgIpc) is 2.39. The van der Waals surface area contributed by atoms with E-state index in [2.05, 4.69) is 21.9 Å². The fourth-order valence-electron chi connectivity index (χ4n) is 1.76. The first-order valence-electron chi connectivity index (χ1n) is 5.60. The van der Waals surface area contributed by atoms with Crippen LogP contribution in [0.15, 0.2) is 59.9 Å². The van der Waals surface area contributed by atoms with Gasteiger partial charge in [-0.05, 0) is 11.6 Å². The third kappa shape index (κ3) is 4.10. The van der Waals surface area contributed by atoms with Crippen LogP contribution in [0.5, 0.6) is 0 Å². The Kier molecular flexibility index (Phi) is 6.35. The number of aryl methyl sites for hydroxylation is 2. The Morgan fingerprint density at radius 3 is 2.50 bits per heavy atom. The van der Waals surface area contributed by atoms with E-state index in [1.165, 1.54) is 11.8 Å². The fourth-order valence-corrected chi connectivity index (χ4v) is 1.76. The lowest BCUT2D eigenvalue weighted by Crippen LogP contribution is -3.00. The Morgan fingerprint density at radius 1 is 1.06 bits per heavy atom. The van der Waals surface area contributed by atoms with E-state index in [0.717, 1.165) is 18.7 Å². The van der Waals surface area contributed by atoms with Crippen LogP contribution in [-0.2, 0) is 13.0 Å². The van der Waals surface area contributed by atoms with E-state index in [9.17, 15) is 0 Å². The molecule has 2 aromatic rings. The molecule has 0 saturated carbocycles. The van der Waals surface area contributed by atoms with Crippen LogP contribution in [-0.4, -0.2) is 11.4 Å². The van der Waals surface area contributed by atoms with E-state index in [0.29, 0.717) is 0 Å². The molecular weight excluding hydrogens is 339 g/mol. The summed E-state index contributed by atoms with van der Waals surface area (Å²) >= 11 is 0. The van der Waals surface area contributed by atoms with Gasteiger partial charge in [-0.3, -0.25) is 0 Å². The molecule has 1 N–H and O–H groups in total. The number of rotatable bonds is 4. The molecule has 0 fully saturated rings. The summed E-state index contributed by atoms with van der Waals surface area (Å²) in [5, 5.41) is 11.7.